The zero-order valence-electron chi connectivity index (χ0n) is 13.0. The summed E-state index contributed by atoms with van der Waals surface area (Å²) in [5.74, 6) is -1.24. The maximum Gasteiger partial charge on any atom is 0.349 e. The number of allylic oxidation sites excluding steroid dienone is 4. The van der Waals surface area contributed by atoms with Crippen molar-refractivity contribution in [2.75, 3.05) is 6.61 Å². The van der Waals surface area contributed by atoms with Gasteiger partial charge in [-0.25, -0.2) is 4.79 Å². The second-order valence-corrected chi connectivity index (χ2v) is 4.56. The van der Waals surface area contributed by atoms with Crippen molar-refractivity contribution in [2.24, 2.45) is 0 Å². The molecule has 24 heavy (non-hydrogen) atoms. The number of ether oxygens (including phenoxy) is 1. The van der Waals surface area contributed by atoms with Crippen molar-refractivity contribution in [3.63, 3.8) is 0 Å². The molecule has 122 valence electrons. The number of hydrogen-bond acceptors (Lipinski definition) is 5. The van der Waals surface area contributed by atoms with E-state index >= 15 is 0 Å². The molecular formula is C19H17NO4. The summed E-state index contributed by atoms with van der Waals surface area (Å²) in [6.07, 6.45) is 9.06. The van der Waals surface area contributed by atoms with Gasteiger partial charge in [-0.3, -0.25) is 0 Å². The van der Waals surface area contributed by atoms with Gasteiger partial charge >= 0.3 is 5.97 Å². The van der Waals surface area contributed by atoms with Crippen LogP contribution in [0.15, 0.2) is 72.9 Å². The van der Waals surface area contributed by atoms with Crippen LogP contribution in [0.3, 0.4) is 0 Å². The van der Waals surface area contributed by atoms with E-state index in [0.29, 0.717) is 11.1 Å². The Balaban J connectivity index is 2.77. The third-order valence-electron chi connectivity index (χ3n) is 2.86. The summed E-state index contributed by atoms with van der Waals surface area (Å²) in [4.78, 5) is 11.8. The van der Waals surface area contributed by atoms with Gasteiger partial charge in [-0.15, -0.1) is 0 Å². The molecule has 0 aliphatic heterocycles. The second-order valence-electron chi connectivity index (χ2n) is 4.56. The Bertz CT molecular complexity index is 764. The predicted molar refractivity (Wildman–Crippen MR) is 91.9 cm³/mol. The van der Waals surface area contributed by atoms with E-state index in [2.05, 4.69) is 13.2 Å². The number of benzene rings is 1. The summed E-state index contributed by atoms with van der Waals surface area (Å²) < 4.78 is 5.01. The number of carbonyl (C=O) groups is 1. The number of esters is 1. The molecule has 2 N–H and O–H groups in total. The molecule has 1 aromatic rings. The highest BCUT2D eigenvalue weighted by Crippen LogP contribution is 2.25. The molecule has 0 fully saturated rings. The minimum absolute atomic E-state index is 0.0110. The van der Waals surface area contributed by atoms with Crippen LogP contribution in [0.5, 0.6) is 11.5 Å². The van der Waals surface area contributed by atoms with Crippen molar-refractivity contribution in [2.45, 2.75) is 0 Å². The Morgan fingerprint density at radius 3 is 2.58 bits per heavy atom. The SMILES string of the molecule is C=C/C=C(\C=C)COC(=O)/C(C#N)=C/C=C/c1ccc(O)c(O)c1. The fourth-order valence-electron chi connectivity index (χ4n) is 1.60. The summed E-state index contributed by atoms with van der Waals surface area (Å²) in [6.45, 7) is 7.11. The first-order valence-electron chi connectivity index (χ1n) is 6.93. The van der Waals surface area contributed by atoms with Crippen LogP contribution in [0, 0.1) is 11.3 Å². The first kappa shape index (κ1) is 18.5. The molecule has 0 atom stereocenters. The lowest BCUT2D eigenvalue weighted by atomic mass is 10.1. The molecule has 1 rings (SSSR count). The van der Waals surface area contributed by atoms with Gasteiger partial charge in [0.05, 0.1) is 0 Å². The fraction of sp³-hybridized carbons (Fsp3) is 0.0526. The first-order chi connectivity index (χ1) is 11.5. The van der Waals surface area contributed by atoms with Crippen LogP contribution < -0.4 is 0 Å². The third kappa shape index (κ3) is 5.70. The largest absolute Gasteiger partial charge is 0.504 e. The van der Waals surface area contributed by atoms with Crippen molar-refractivity contribution < 1.29 is 19.7 Å². The van der Waals surface area contributed by atoms with Gasteiger partial charge in [-0.05, 0) is 29.3 Å². The van der Waals surface area contributed by atoms with Crippen molar-refractivity contribution in [3.8, 4) is 17.6 Å². The van der Waals surface area contributed by atoms with Gasteiger partial charge < -0.3 is 14.9 Å². The van der Waals surface area contributed by atoms with E-state index < -0.39 is 5.97 Å². The second kappa shape index (κ2) is 9.49. The number of phenolic OH excluding ortho intramolecular Hbond substituents is 2. The van der Waals surface area contributed by atoms with Crippen molar-refractivity contribution >= 4 is 12.0 Å². The van der Waals surface area contributed by atoms with Gasteiger partial charge in [0.1, 0.15) is 18.2 Å². The molecule has 0 radical (unpaired) electrons. The summed E-state index contributed by atoms with van der Waals surface area (Å²) in [6, 6.07) is 6.01. The average Bonchev–Trinajstić information content (AvgIpc) is 2.58. The molecule has 0 aromatic heterocycles. The molecule has 0 aliphatic carbocycles. The maximum atomic E-state index is 11.8. The number of nitrogens with zero attached hydrogens (tertiary/aromatic N) is 1. The molecular weight excluding hydrogens is 306 g/mol. The maximum absolute atomic E-state index is 11.8. The molecule has 0 bridgehead atoms. The normalized spacial score (nSPS) is 11.8. The molecule has 0 amide bonds. The fourth-order valence-corrected chi connectivity index (χ4v) is 1.60. The van der Waals surface area contributed by atoms with E-state index in [4.69, 9.17) is 10.00 Å². The van der Waals surface area contributed by atoms with E-state index in [1.165, 1.54) is 30.4 Å². The van der Waals surface area contributed by atoms with E-state index in [-0.39, 0.29) is 23.7 Å². The minimum atomic E-state index is -0.757. The van der Waals surface area contributed by atoms with Crippen molar-refractivity contribution in [1.29, 1.82) is 5.26 Å². The molecule has 0 saturated carbocycles. The van der Waals surface area contributed by atoms with Gasteiger partial charge in [0, 0.05) is 0 Å². The van der Waals surface area contributed by atoms with Crippen LogP contribution >= 0.6 is 0 Å². The quantitative estimate of drug-likeness (QED) is 0.264. The molecule has 0 spiro atoms. The standard InChI is InChI=1S/C19H17NO4/c1-3-6-14(4-2)13-24-19(23)16(12-20)8-5-7-15-9-10-17(21)18(22)11-15/h3-11,21-22H,1-2,13H2/b7-5+,14-6+,16-8+. The topological polar surface area (TPSA) is 90.6 Å². The summed E-state index contributed by atoms with van der Waals surface area (Å²) in [5.41, 5.74) is 1.08. The Labute approximate surface area is 140 Å². The lowest BCUT2D eigenvalue weighted by molar-refractivity contribution is -0.137. The predicted octanol–water partition coefficient (Wildman–Crippen LogP) is 3.40. The average molecular weight is 323 g/mol. The first-order valence-corrected chi connectivity index (χ1v) is 6.93. The molecule has 5 heteroatoms. The van der Waals surface area contributed by atoms with E-state index in [1.807, 2.05) is 0 Å². The molecule has 0 aliphatic rings. The lowest BCUT2D eigenvalue weighted by Crippen LogP contribution is -2.08. The molecule has 0 heterocycles. The number of hydrogen-bond donors (Lipinski definition) is 2. The number of aromatic hydroxyl groups is 2. The van der Waals surface area contributed by atoms with E-state index in [0.717, 1.165) is 0 Å². The Hall–Kier alpha value is -3.52. The van der Waals surface area contributed by atoms with E-state index in [1.54, 1.807) is 30.4 Å². The summed E-state index contributed by atoms with van der Waals surface area (Å²) >= 11 is 0. The highest BCUT2D eigenvalue weighted by molar-refractivity contribution is 5.93. The molecule has 5 nitrogen and oxygen atoms in total. The molecule has 1 aromatic carbocycles. The Kier molecular flexibility index (Phi) is 7.32. The van der Waals surface area contributed by atoms with Crippen LogP contribution in [0.25, 0.3) is 6.08 Å². The van der Waals surface area contributed by atoms with Gasteiger partial charge in [0.2, 0.25) is 0 Å². The Morgan fingerprint density at radius 1 is 1.25 bits per heavy atom. The highest BCUT2D eigenvalue weighted by atomic mass is 16.5. The monoisotopic (exact) mass is 323 g/mol. The zero-order chi connectivity index (χ0) is 17.9. The lowest BCUT2D eigenvalue weighted by Gasteiger charge is -2.03. The summed E-state index contributed by atoms with van der Waals surface area (Å²) in [7, 11) is 0. The van der Waals surface area contributed by atoms with Gasteiger partial charge in [0.15, 0.2) is 11.5 Å². The smallest absolute Gasteiger partial charge is 0.349 e. The van der Waals surface area contributed by atoms with Crippen LogP contribution in [-0.2, 0) is 9.53 Å². The van der Waals surface area contributed by atoms with Gasteiger partial charge in [0.25, 0.3) is 0 Å². The number of carbonyl (C=O) groups excluding carboxylic acids is 1. The van der Waals surface area contributed by atoms with Crippen LogP contribution in [0.2, 0.25) is 0 Å². The minimum Gasteiger partial charge on any atom is -0.504 e. The molecule has 0 unspecified atom stereocenters. The van der Waals surface area contributed by atoms with Crippen molar-refractivity contribution in [1.82, 2.24) is 0 Å². The third-order valence-corrected chi connectivity index (χ3v) is 2.86. The van der Waals surface area contributed by atoms with Crippen LogP contribution in [-0.4, -0.2) is 22.8 Å². The zero-order valence-corrected chi connectivity index (χ0v) is 13.0. The number of nitriles is 1. The Morgan fingerprint density at radius 2 is 2.00 bits per heavy atom. The number of rotatable bonds is 7. The van der Waals surface area contributed by atoms with Gasteiger partial charge in [-0.2, -0.15) is 5.26 Å². The van der Waals surface area contributed by atoms with E-state index in [9.17, 15) is 15.0 Å². The van der Waals surface area contributed by atoms with Gasteiger partial charge in [-0.1, -0.05) is 49.6 Å². The number of phenols is 2. The van der Waals surface area contributed by atoms with Crippen molar-refractivity contribution in [3.05, 3.63) is 78.4 Å². The highest BCUT2D eigenvalue weighted by Gasteiger charge is 2.09. The molecule has 0 saturated heterocycles. The van der Waals surface area contributed by atoms with Crippen LogP contribution in [0.1, 0.15) is 5.56 Å². The van der Waals surface area contributed by atoms with Crippen LogP contribution in [0.4, 0.5) is 0 Å². The summed E-state index contributed by atoms with van der Waals surface area (Å²) in [5, 5.41) is 27.6.